The van der Waals surface area contributed by atoms with E-state index >= 15 is 0 Å². The van der Waals surface area contributed by atoms with Crippen LogP contribution in [0.5, 0.6) is 0 Å². The lowest BCUT2D eigenvalue weighted by Crippen LogP contribution is -2.16. The van der Waals surface area contributed by atoms with E-state index in [-0.39, 0.29) is 6.20 Å². The highest BCUT2D eigenvalue weighted by Crippen LogP contribution is 2.34. The van der Waals surface area contributed by atoms with Gasteiger partial charge in [0.2, 0.25) is 0 Å². The Bertz CT molecular complexity index is 471. The molecule has 0 radical (unpaired) electrons. The molecule has 0 atom stereocenters. The Labute approximate surface area is 96.1 Å². The first kappa shape index (κ1) is 14.3. The SMILES string of the molecule is O=C(O)Cc1c(C(F)F)ncc(C(F)(F)F)c1F. The van der Waals surface area contributed by atoms with Crippen molar-refractivity contribution < 1.29 is 36.2 Å². The summed E-state index contributed by atoms with van der Waals surface area (Å²) >= 11 is 0. The van der Waals surface area contributed by atoms with Crippen molar-refractivity contribution in [3.63, 3.8) is 0 Å². The highest BCUT2D eigenvalue weighted by molar-refractivity contribution is 5.70. The van der Waals surface area contributed by atoms with Gasteiger partial charge in [0.15, 0.2) is 0 Å². The summed E-state index contributed by atoms with van der Waals surface area (Å²) in [7, 11) is 0. The topological polar surface area (TPSA) is 50.2 Å². The molecule has 1 aromatic heterocycles. The van der Waals surface area contributed by atoms with E-state index in [1.165, 1.54) is 0 Å². The number of hydrogen-bond donors (Lipinski definition) is 1. The second-order valence-electron chi connectivity index (χ2n) is 3.22. The van der Waals surface area contributed by atoms with Crippen LogP contribution in [0.25, 0.3) is 0 Å². The third-order valence-electron chi connectivity index (χ3n) is 1.98. The fourth-order valence-corrected chi connectivity index (χ4v) is 1.25. The molecule has 0 aliphatic heterocycles. The van der Waals surface area contributed by atoms with E-state index in [9.17, 15) is 31.1 Å². The molecule has 0 fully saturated rings. The first-order valence-corrected chi connectivity index (χ1v) is 4.39. The third-order valence-corrected chi connectivity index (χ3v) is 1.98. The van der Waals surface area contributed by atoms with Gasteiger partial charge in [0, 0.05) is 11.8 Å². The molecule has 18 heavy (non-hydrogen) atoms. The normalized spacial score (nSPS) is 11.9. The van der Waals surface area contributed by atoms with E-state index in [0.717, 1.165) is 0 Å². The van der Waals surface area contributed by atoms with E-state index in [0.29, 0.717) is 0 Å². The van der Waals surface area contributed by atoms with Crippen molar-refractivity contribution >= 4 is 5.97 Å². The molecule has 100 valence electrons. The van der Waals surface area contributed by atoms with Crippen molar-refractivity contribution in [3.8, 4) is 0 Å². The van der Waals surface area contributed by atoms with Crippen LogP contribution in [0, 0.1) is 5.82 Å². The maximum atomic E-state index is 13.4. The van der Waals surface area contributed by atoms with Crippen LogP contribution >= 0.6 is 0 Å². The minimum atomic E-state index is -5.13. The van der Waals surface area contributed by atoms with Crippen LogP contribution < -0.4 is 0 Å². The maximum Gasteiger partial charge on any atom is 0.420 e. The Hall–Kier alpha value is -1.80. The number of halogens is 6. The molecule has 1 rings (SSSR count). The quantitative estimate of drug-likeness (QED) is 0.861. The maximum absolute atomic E-state index is 13.4. The first-order chi connectivity index (χ1) is 8.14. The molecular formula is C9H5F6NO2. The fraction of sp³-hybridized carbons (Fsp3) is 0.333. The van der Waals surface area contributed by atoms with Crippen molar-refractivity contribution in [1.82, 2.24) is 4.98 Å². The number of aliphatic carboxylic acids is 1. The smallest absolute Gasteiger partial charge is 0.420 e. The number of hydrogen-bond acceptors (Lipinski definition) is 2. The molecule has 1 N–H and O–H groups in total. The fourth-order valence-electron chi connectivity index (χ4n) is 1.25. The van der Waals surface area contributed by atoms with E-state index in [1.54, 1.807) is 0 Å². The van der Waals surface area contributed by atoms with Crippen LogP contribution in [0.3, 0.4) is 0 Å². The van der Waals surface area contributed by atoms with E-state index in [1.807, 2.05) is 0 Å². The number of aromatic nitrogens is 1. The number of carbonyl (C=O) groups is 1. The van der Waals surface area contributed by atoms with Gasteiger partial charge in [-0.2, -0.15) is 13.2 Å². The molecule has 3 nitrogen and oxygen atoms in total. The summed E-state index contributed by atoms with van der Waals surface area (Å²) in [6.45, 7) is 0. The average molecular weight is 273 g/mol. The van der Waals surface area contributed by atoms with E-state index < -0.39 is 47.6 Å². The monoisotopic (exact) mass is 273 g/mol. The molecule has 1 aromatic rings. The predicted octanol–water partition coefficient (Wildman–Crippen LogP) is 2.80. The molecule has 0 aliphatic rings. The summed E-state index contributed by atoms with van der Waals surface area (Å²) in [5.74, 6) is -3.77. The highest BCUT2D eigenvalue weighted by Gasteiger charge is 2.37. The summed E-state index contributed by atoms with van der Waals surface area (Å²) in [6, 6.07) is 0. The molecule has 0 bridgehead atoms. The first-order valence-electron chi connectivity index (χ1n) is 4.39. The molecular weight excluding hydrogens is 268 g/mol. The van der Waals surface area contributed by atoms with E-state index in [2.05, 4.69) is 4.98 Å². The Kier molecular flexibility index (Phi) is 3.82. The summed E-state index contributed by atoms with van der Waals surface area (Å²) < 4.78 is 75.0. The second-order valence-corrected chi connectivity index (χ2v) is 3.22. The Morgan fingerprint density at radius 2 is 1.94 bits per heavy atom. The predicted molar refractivity (Wildman–Crippen MR) is 45.5 cm³/mol. The standard InChI is InChI=1S/C9H5F6NO2/c10-6-3(1-5(17)18)7(8(11)12)16-2-4(6)9(13,14)15/h2,8H,1H2,(H,17,18). The van der Waals surface area contributed by atoms with Crippen LogP contribution in [0.1, 0.15) is 23.2 Å². The summed E-state index contributed by atoms with van der Waals surface area (Å²) in [5, 5.41) is 8.37. The largest absolute Gasteiger partial charge is 0.481 e. The number of rotatable bonds is 3. The minimum absolute atomic E-state index is 0.0812. The minimum Gasteiger partial charge on any atom is -0.481 e. The van der Waals surface area contributed by atoms with Gasteiger partial charge in [0.1, 0.15) is 17.1 Å². The van der Waals surface area contributed by atoms with Crippen LogP contribution in [-0.4, -0.2) is 16.1 Å². The molecule has 0 saturated heterocycles. The molecule has 1 heterocycles. The van der Waals surface area contributed by atoms with Gasteiger partial charge in [-0.3, -0.25) is 9.78 Å². The van der Waals surface area contributed by atoms with Crippen LogP contribution in [-0.2, 0) is 17.4 Å². The number of alkyl halides is 5. The average Bonchev–Trinajstić information content (AvgIpc) is 2.17. The summed E-state index contributed by atoms with van der Waals surface area (Å²) in [5.41, 5.74) is -4.43. The number of nitrogens with zero attached hydrogens (tertiary/aromatic N) is 1. The molecule has 0 spiro atoms. The van der Waals surface area contributed by atoms with Crippen molar-refractivity contribution in [2.75, 3.05) is 0 Å². The van der Waals surface area contributed by atoms with Gasteiger partial charge in [0.05, 0.1) is 6.42 Å². The molecule has 0 saturated carbocycles. The van der Waals surface area contributed by atoms with Gasteiger partial charge in [-0.05, 0) is 0 Å². The molecule has 0 unspecified atom stereocenters. The zero-order valence-corrected chi connectivity index (χ0v) is 8.43. The third kappa shape index (κ3) is 2.90. The Morgan fingerprint density at radius 3 is 2.33 bits per heavy atom. The Balaban J connectivity index is 3.44. The van der Waals surface area contributed by atoms with Gasteiger partial charge in [-0.25, -0.2) is 13.2 Å². The van der Waals surface area contributed by atoms with E-state index in [4.69, 9.17) is 5.11 Å². The summed E-state index contributed by atoms with van der Waals surface area (Å²) in [4.78, 5) is 13.1. The molecule has 0 aromatic carbocycles. The number of carboxylic acid groups (broad SMARTS) is 1. The highest BCUT2D eigenvalue weighted by atomic mass is 19.4. The number of pyridine rings is 1. The van der Waals surface area contributed by atoms with Gasteiger partial charge < -0.3 is 5.11 Å². The molecule has 0 amide bonds. The van der Waals surface area contributed by atoms with Crippen molar-refractivity contribution in [3.05, 3.63) is 28.8 Å². The lowest BCUT2D eigenvalue weighted by molar-refractivity contribution is -0.141. The van der Waals surface area contributed by atoms with Crippen molar-refractivity contribution in [1.29, 1.82) is 0 Å². The van der Waals surface area contributed by atoms with Gasteiger partial charge in [-0.1, -0.05) is 0 Å². The molecule has 9 heteroatoms. The second kappa shape index (κ2) is 4.83. The lowest BCUT2D eigenvalue weighted by atomic mass is 10.1. The molecule has 0 aliphatic carbocycles. The van der Waals surface area contributed by atoms with Crippen molar-refractivity contribution in [2.24, 2.45) is 0 Å². The van der Waals surface area contributed by atoms with Gasteiger partial charge in [0.25, 0.3) is 6.43 Å². The lowest BCUT2D eigenvalue weighted by Gasteiger charge is -2.13. The zero-order chi connectivity index (χ0) is 14.1. The van der Waals surface area contributed by atoms with Gasteiger partial charge >= 0.3 is 12.1 Å². The zero-order valence-electron chi connectivity index (χ0n) is 8.43. The van der Waals surface area contributed by atoms with Crippen molar-refractivity contribution in [2.45, 2.75) is 19.0 Å². The number of carboxylic acids is 1. The van der Waals surface area contributed by atoms with Gasteiger partial charge in [-0.15, -0.1) is 0 Å². The van der Waals surface area contributed by atoms with Crippen LogP contribution in [0.4, 0.5) is 26.3 Å². The summed E-state index contributed by atoms with van der Waals surface area (Å²) in [6.07, 6.45) is -9.88. The van der Waals surface area contributed by atoms with Crippen LogP contribution in [0.2, 0.25) is 0 Å². The van der Waals surface area contributed by atoms with Crippen LogP contribution in [0.15, 0.2) is 6.20 Å². The Morgan fingerprint density at radius 1 is 1.39 bits per heavy atom.